The molecule has 2 unspecified atom stereocenters. The molecule has 2 saturated carbocycles. The van der Waals surface area contributed by atoms with E-state index in [0.717, 1.165) is 12.0 Å². The third-order valence-corrected chi connectivity index (χ3v) is 4.79. The molecule has 1 nitrogen and oxygen atoms in total. The molecular weight excluding hydrogens is 225 g/mol. The molecule has 3 rings (SSSR count). The van der Waals surface area contributed by atoms with Crippen LogP contribution in [0.2, 0.25) is 0 Å². The summed E-state index contributed by atoms with van der Waals surface area (Å²) in [6.07, 6.45) is 6.54. The van der Waals surface area contributed by atoms with Gasteiger partial charge in [-0.2, -0.15) is 0 Å². The fraction of sp³-hybridized carbons (Fsp3) is 0.625. The van der Waals surface area contributed by atoms with Gasteiger partial charge in [-0.25, -0.2) is 4.39 Å². The van der Waals surface area contributed by atoms with Crippen molar-refractivity contribution >= 4 is 0 Å². The van der Waals surface area contributed by atoms with Gasteiger partial charge >= 0.3 is 0 Å². The maximum Gasteiger partial charge on any atom is 0.123 e. The molecule has 0 bridgehead atoms. The van der Waals surface area contributed by atoms with Gasteiger partial charge in [-0.1, -0.05) is 25.5 Å². The smallest absolute Gasteiger partial charge is 0.123 e. The van der Waals surface area contributed by atoms with Crippen molar-refractivity contribution in [2.24, 2.45) is 5.92 Å². The van der Waals surface area contributed by atoms with Crippen molar-refractivity contribution in [1.29, 1.82) is 0 Å². The molecule has 0 heterocycles. The van der Waals surface area contributed by atoms with Gasteiger partial charge in [0.1, 0.15) is 5.82 Å². The number of hydrogen-bond donors (Lipinski definition) is 1. The zero-order chi connectivity index (χ0) is 12.5. The highest BCUT2D eigenvalue weighted by Crippen LogP contribution is 2.38. The summed E-state index contributed by atoms with van der Waals surface area (Å²) in [6.45, 7) is 2.36. The van der Waals surface area contributed by atoms with E-state index in [4.69, 9.17) is 0 Å². The molecular formula is C16H22FN. The predicted molar refractivity (Wildman–Crippen MR) is 72.1 cm³/mol. The molecule has 1 aromatic rings. The van der Waals surface area contributed by atoms with Gasteiger partial charge in [0.2, 0.25) is 0 Å². The van der Waals surface area contributed by atoms with E-state index in [0.29, 0.717) is 12.0 Å². The molecule has 0 aromatic heterocycles. The summed E-state index contributed by atoms with van der Waals surface area (Å²) in [5.41, 5.74) is 1.30. The lowest BCUT2D eigenvalue weighted by molar-refractivity contribution is 0.247. The number of nitrogens with one attached hydrogen (secondary N) is 1. The minimum atomic E-state index is -0.132. The lowest BCUT2D eigenvalue weighted by Gasteiger charge is -2.39. The minimum Gasteiger partial charge on any atom is -0.311 e. The predicted octanol–water partition coefficient (Wildman–Crippen LogP) is 3.85. The first-order valence-electron chi connectivity index (χ1n) is 7.24. The Morgan fingerprint density at radius 1 is 1.11 bits per heavy atom. The van der Waals surface area contributed by atoms with E-state index in [1.165, 1.54) is 37.7 Å². The summed E-state index contributed by atoms with van der Waals surface area (Å²) in [5.74, 6) is 1.35. The molecule has 2 heteroatoms. The second kappa shape index (κ2) is 5.00. The van der Waals surface area contributed by atoms with Crippen molar-refractivity contribution < 1.29 is 4.39 Å². The highest BCUT2D eigenvalue weighted by molar-refractivity contribution is 5.23. The molecule has 2 fully saturated rings. The van der Waals surface area contributed by atoms with Crippen molar-refractivity contribution in [3.63, 3.8) is 0 Å². The van der Waals surface area contributed by atoms with Crippen molar-refractivity contribution in [3.05, 3.63) is 35.6 Å². The Morgan fingerprint density at radius 2 is 1.83 bits per heavy atom. The van der Waals surface area contributed by atoms with Crippen LogP contribution >= 0.6 is 0 Å². The van der Waals surface area contributed by atoms with E-state index in [1.54, 1.807) is 12.1 Å². The fourth-order valence-electron chi connectivity index (χ4n) is 3.46. The Morgan fingerprint density at radius 3 is 2.44 bits per heavy atom. The van der Waals surface area contributed by atoms with E-state index in [1.807, 2.05) is 12.1 Å². The lowest BCUT2D eigenvalue weighted by atomic mass is 9.75. The molecule has 2 aliphatic rings. The molecule has 1 N–H and O–H groups in total. The molecule has 0 saturated heterocycles. The molecule has 0 spiro atoms. The lowest BCUT2D eigenvalue weighted by Crippen LogP contribution is -2.46. The summed E-state index contributed by atoms with van der Waals surface area (Å²) in [4.78, 5) is 0. The number of benzene rings is 1. The monoisotopic (exact) mass is 247 g/mol. The molecule has 18 heavy (non-hydrogen) atoms. The van der Waals surface area contributed by atoms with Crippen LogP contribution in [0.25, 0.3) is 0 Å². The van der Waals surface area contributed by atoms with Gasteiger partial charge in [0.25, 0.3) is 0 Å². The van der Waals surface area contributed by atoms with Crippen LogP contribution in [0.1, 0.15) is 50.5 Å². The van der Waals surface area contributed by atoms with E-state index < -0.39 is 0 Å². The van der Waals surface area contributed by atoms with Crippen molar-refractivity contribution in [2.75, 3.05) is 0 Å². The summed E-state index contributed by atoms with van der Waals surface area (Å²) in [7, 11) is 0. The van der Waals surface area contributed by atoms with Gasteiger partial charge in [0, 0.05) is 12.1 Å². The first-order chi connectivity index (χ1) is 8.72. The highest BCUT2D eigenvalue weighted by atomic mass is 19.1. The van der Waals surface area contributed by atoms with E-state index >= 15 is 0 Å². The van der Waals surface area contributed by atoms with E-state index in [-0.39, 0.29) is 5.82 Å². The third kappa shape index (κ3) is 2.44. The minimum absolute atomic E-state index is 0.132. The zero-order valence-electron chi connectivity index (χ0n) is 11.0. The molecule has 0 radical (unpaired) electrons. The van der Waals surface area contributed by atoms with Gasteiger partial charge in [0.05, 0.1) is 0 Å². The Balaban J connectivity index is 1.49. The first-order valence-corrected chi connectivity index (χ1v) is 7.24. The topological polar surface area (TPSA) is 12.0 Å². The standard InChI is InChI=1S/C16H22FN/c1-11-3-2-4-16(11)18-15-9-13(10-15)12-5-7-14(17)8-6-12/h5-8,11,13,15-16,18H,2-4,9-10H2,1H3. The maximum absolute atomic E-state index is 12.8. The Kier molecular flexibility index (Phi) is 3.38. The van der Waals surface area contributed by atoms with Crippen molar-refractivity contribution in [3.8, 4) is 0 Å². The van der Waals surface area contributed by atoms with Gasteiger partial charge in [-0.05, 0) is 55.2 Å². The molecule has 98 valence electrons. The molecule has 1 aromatic carbocycles. The van der Waals surface area contributed by atoms with Crippen molar-refractivity contribution in [1.82, 2.24) is 5.32 Å². The Bertz CT molecular complexity index is 394. The molecule has 2 atom stereocenters. The maximum atomic E-state index is 12.8. The summed E-state index contributed by atoms with van der Waals surface area (Å²) < 4.78 is 12.8. The normalized spacial score (nSPS) is 35.4. The largest absolute Gasteiger partial charge is 0.311 e. The Hall–Kier alpha value is -0.890. The van der Waals surface area contributed by atoms with Crippen LogP contribution in [-0.4, -0.2) is 12.1 Å². The second-order valence-corrected chi connectivity index (χ2v) is 6.10. The Labute approximate surface area is 109 Å². The third-order valence-electron chi connectivity index (χ3n) is 4.79. The average Bonchev–Trinajstić information content (AvgIpc) is 2.71. The van der Waals surface area contributed by atoms with Crippen LogP contribution in [0.3, 0.4) is 0 Å². The van der Waals surface area contributed by atoms with Crippen LogP contribution in [-0.2, 0) is 0 Å². The SMILES string of the molecule is CC1CCCC1NC1CC(c2ccc(F)cc2)C1. The van der Waals surface area contributed by atoms with Crippen LogP contribution in [0.5, 0.6) is 0 Å². The quantitative estimate of drug-likeness (QED) is 0.855. The number of rotatable bonds is 3. The highest BCUT2D eigenvalue weighted by Gasteiger charge is 2.33. The first kappa shape index (κ1) is 12.2. The van der Waals surface area contributed by atoms with Gasteiger partial charge in [-0.15, -0.1) is 0 Å². The number of hydrogen-bond acceptors (Lipinski definition) is 1. The van der Waals surface area contributed by atoms with Crippen molar-refractivity contribution in [2.45, 2.75) is 57.0 Å². The zero-order valence-corrected chi connectivity index (χ0v) is 11.0. The van der Waals surface area contributed by atoms with Gasteiger partial charge < -0.3 is 5.32 Å². The summed E-state index contributed by atoms with van der Waals surface area (Å²) in [5, 5.41) is 3.80. The van der Waals surface area contributed by atoms with Crippen LogP contribution in [0.15, 0.2) is 24.3 Å². The summed E-state index contributed by atoms with van der Waals surface area (Å²) in [6, 6.07) is 8.46. The molecule has 0 amide bonds. The average molecular weight is 247 g/mol. The van der Waals surface area contributed by atoms with E-state index in [2.05, 4.69) is 12.2 Å². The van der Waals surface area contributed by atoms with Crippen LogP contribution < -0.4 is 5.32 Å². The molecule has 2 aliphatic carbocycles. The van der Waals surface area contributed by atoms with Gasteiger partial charge in [-0.3, -0.25) is 0 Å². The summed E-state index contributed by atoms with van der Waals surface area (Å²) >= 11 is 0. The van der Waals surface area contributed by atoms with Crippen LogP contribution in [0, 0.1) is 11.7 Å². The second-order valence-electron chi connectivity index (χ2n) is 6.10. The molecule has 0 aliphatic heterocycles. The van der Waals surface area contributed by atoms with Crippen LogP contribution in [0.4, 0.5) is 4.39 Å². The van der Waals surface area contributed by atoms with Gasteiger partial charge in [0.15, 0.2) is 0 Å². The number of halogens is 1. The fourth-order valence-corrected chi connectivity index (χ4v) is 3.46. The van der Waals surface area contributed by atoms with E-state index in [9.17, 15) is 4.39 Å².